The Morgan fingerprint density at radius 1 is 1.25 bits per heavy atom. The second-order valence-corrected chi connectivity index (χ2v) is 4.68. The van der Waals surface area contributed by atoms with Crippen molar-refractivity contribution in [1.29, 1.82) is 0 Å². The van der Waals surface area contributed by atoms with Crippen LogP contribution in [0.3, 0.4) is 0 Å². The Morgan fingerprint density at radius 2 is 2.00 bits per heavy atom. The zero-order valence-electron chi connectivity index (χ0n) is 12.0. The average Bonchev–Trinajstić information content (AvgIpc) is 2.80. The molecule has 2 aromatic rings. The lowest BCUT2D eigenvalue weighted by atomic mass is 10.0. The monoisotopic (exact) mass is 279 g/mol. The maximum Gasteiger partial charge on any atom is 0.128 e. The van der Waals surface area contributed by atoms with E-state index in [1.54, 1.807) is 0 Å². The van der Waals surface area contributed by atoms with Crippen molar-refractivity contribution in [3.63, 3.8) is 0 Å². The number of nitrogens with zero attached hydrogens (tertiary/aromatic N) is 2. The van der Waals surface area contributed by atoms with Crippen LogP contribution in [0.2, 0.25) is 0 Å². The predicted molar refractivity (Wildman–Crippen MR) is 74.5 cm³/mol. The first-order chi connectivity index (χ1) is 9.56. The Morgan fingerprint density at radius 3 is 2.65 bits per heavy atom. The molecule has 3 nitrogen and oxygen atoms in total. The molecule has 1 aromatic heterocycles. The lowest BCUT2D eigenvalue weighted by Gasteiger charge is -2.20. The molecule has 0 spiro atoms. The van der Waals surface area contributed by atoms with Crippen LogP contribution < -0.4 is 5.32 Å². The van der Waals surface area contributed by atoms with E-state index >= 15 is 0 Å². The van der Waals surface area contributed by atoms with Crippen molar-refractivity contribution in [2.24, 2.45) is 0 Å². The molecule has 0 saturated heterocycles. The molecule has 1 heterocycles. The molecule has 0 aliphatic rings. The van der Waals surface area contributed by atoms with Gasteiger partial charge in [-0.2, -0.15) is 5.10 Å². The molecule has 5 heteroatoms. The number of nitrogens with one attached hydrogen (secondary N) is 1. The third-order valence-corrected chi connectivity index (χ3v) is 3.21. The molecule has 1 N–H and O–H groups in total. The largest absolute Gasteiger partial charge is 0.305 e. The third kappa shape index (κ3) is 2.88. The number of hydrogen-bond donors (Lipinski definition) is 1. The Balaban J connectivity index is 2.52. The topological polar surface area (TPSA) is 29.9 Å². The smallest absolute Gasteiger partial charge is 0.128 e. The van der Waals surface area contributed by atoms with Gasteiger partial charge in [-0.1, -0.05) is 6.92 Å². The van der Waals surface area contributed by atoms with Crippen LogP contribution in [0.25, 0.3) is 0 Å². The van der Waals surface area contributed by atoms with E-state index in [0.29, 0.717) is 18.7 Å². The second-order valence-electron chi connectivity index (χ2n) is 4.68. The first kappa shape index (κ1) is 14.7. The van der Waals surface area contributed by atoms with E-state index in [1.807, 2.05) is 31.5 Å². The number of aromatic nitrogens is 2. The van der Waals surface area contributed by atoms with Crippen LogP contribution >= 0.6 is 0 Å². The van der Waals surface area contributed by atoms with E-state index in [9.17, 15) is 8.78 Å². The highest BCUT2D eigenvalue weighted by Gasteiger charge is 2.21. The summed E-state index contributed by atoms with van der Waals surface area (Å²) in [6.07, 6.45) is 0. The normalized spacial score (nSPS) is 12.7. The van der Waals surface area contributed by atoms with E-state index in [-0.39, 0.29) is 0 Å². The molecule has 0 radical (unpaired) electrons. The van der Waals surface area contributed by atoms with Crippen LogP contribution in [0.15, 0.2) is 24.3 Å². The van der Waals surface area contributed by atoms with Gasteiger partial charge in [-0.25, -0.2) is 8.78 Å². The molecule has 0 amide bonds. The van der Waals surface area contributed by atoms with Crippen molar-refractivity contribution in [3.8, 4) is 0 Å². The van der Waals surface area contributed by atoms with Crippen LogP contribution in [0, 0.1) is 18.6 Å². The number of rotatable bonds is 5. The molecular weight excluding hydrogens is 260 g/mol. The van der Waals surface area contributed by atoms with Gasteiger partial charge in [-0.05, 0) is 44.7 Å². The Hall–Kier alpha value is -1.75. The lowest BCUT2D eigenvalue weighted by Crippen LogP contribution is -2.25. The van der Waals surface area contributed by atoms with Gasteiger partial charge in [0.15, 0.2) is 0 Å². The fourth-order valence-corrected chi connectivity index (χ4v) is 2.36. The molecule has 0 aliphatic heterocycles. The predicted octanol–water partition coefficient (Wildman–Crippen LogP) is 3.19. The number of aryl methyl sites for hydroxylation is 2. The Labute approximate surface area is 117 Å². The van der Waals surface area contributed by atoms with E-state index in [1.165, 1.54) is 6.07 Å². The van der Waals surface area contributed by atoms with Crippen molar-refractivity contribution in [3.05, 3.63) is 52.9 Å². The van der Waals surface area contributed by atoms with Crippen LogP contribution in [0.5, 0.6) is 0 Å². The van der Waals surface area contributed by atoms with Crippen LogP contribution in [-0.2, 0) is 6.54 Å². The van der Waals surface area contributed by atoms with Gasteiger partial charge in [0, 0.05) is 12.1 Å². The zero-order chi connectivity index (χ0) is 14.7. The highest BCUT2D eigenvalue weighted by atomic mass is 19.1. The SMILES string of the molecule is CCNC(c1cc(F)ccc1F)c1cc(C)nn1CC. The van der Waals surface area contributed by atoms with Gasteiger partial charge in [0.25, 0.3) is 0 Å². The summed E-state index contributed by atoms with van der Waals surface area (Å²) in [5.74, 6) is -0.859. The molecule has 0 saturated carbocycles. The average molecular weight is 279 g/mol. The summed E-state index contributed by atoms with van der Waals surface area (Å²) in [7, 11) is 0. The first-order valence-electron chi connectivity index (χ1n) is 6.79. The molecule has 108 valence electrons. The summed E-state index contributed by atoms with van der Waals surface area (Å²) in [5, 5.41) is 7.57. The van der Waals surface area contributed by atoms with Crippen molar-refractivity contribution >= 4 is 0 Å². The van der Waals surface area contributed by atoms with Gasteiger partial charge >= 0.3 is 0 Å². The van der Waals surface area contributed by atoms with Gasteiger partial charge in [0.05, 0.1) is 17.4 Å². The van der Waals surface area contributed by atoms with Gasteiger partial charge in [-0.3, -0.25) is 4.68 Å². The van der Waals surface area contributed by atoms with E-state index in [4.69, 9.17) is 0 Å². The zero-order valence-corrected chi connectivity index (χ0v) is 12.0. The molecule has 0 bridgehead atoms. The number of hydrogen-bond acceptors (Lipinski definition) is 2. The molecular formula is C15H19F2N3. The minimum atomic E-state index is -0.441. The Kier molecular flexibility index (Phi) is 4.49. The van der Waals surface area contributed by atoms with Gasteiger partial charge in [-0.15, -0.1) is 0 Å². The summed E-state index contributed by atoms with van der Waals surface area (Å²) < 4.78 is 29.3. The summed E-state index contributed by atoms with van der Waals surface area (Å²) in [5.41, 5.74) is 2.01. The third-order valence-electron chi connectivity index (χ3n) is 3.21. The summed E-state index contributed by atoms with van der Waals surface area (Å²) >= 11 is 0. The van der Waals surface area contributed by atoms with Gasteiger partial charge in [0.2, 0.25) is 0 Å². The summed E-state index contributed by atoms with van der Waals surface area (Å²) in [6, 6.07) is 5.03. The molecule has 1 unspecified atom stereocenters. The molecule has 0 fully saturated rings. The van der Waals surface area contributed by atoms with E-state index in [0.717, 1.165) is 23.5 Å². The second kappa shape index (κ2) is 6.13. The summed E-state index contributed by atoms with van der Waals surface area (Å²) in [6.45, 7) is 7.13. The fraction of sp³-hybridized carbons (Fsp3) is 0.400. The molecule has 0 aliphatic carbocycles. The highest BCUT2D eigenvalue weighted by molar-refractivity contribution is 5.30. The Bertz CT molecular complexity index is 593. The minimum Gasteiger partial charge on any atom is -0.305 e. The highest BCUT2D eigenvalue weighted by Crippen LogP contribution is 2.26. The minimum absolute atomic E-state index is 0.307. The number of benzene rings is 1. The lowest BCUT2D eigenvalue weighted by molar-refractivity contribution is 0.508. The van der Waals surface area contributed by atoms with Crippen LogP contribution in [0.1, 0.15) is 36.8 Å². The molecule has 1 aromatic carbocycles. The van der Waals surface area contributed by atoms with Crippen molar-refractivity contribution in [1.82, 2.24) is 15.1 Å². The maximum atomic E-state index is 14.0. The van der Waals surface area contributed by atoms with Crippen molar-refractivity contribution in [2.75, 3.05) is 6.54 Å². The first-order valence-corrected chi connectivity index (χ1v) is 6.79. The standard InChI is InChI=1S/C15H19F2N3/c1-4-18-15(12-9-11(16)6-7-13(12)17)14-8-10(3)19-20(14)5-2/h6-9,15,18H,4-5H2,1-3H3. The maximum absolute atomic E-state index is 14.0. The number of halogens is 2. The molecule has 20 heavy (non-hydrogen) atoms. The van der Waals surface area contributed by atoms with Crippen molar-refractivity contribution in [2.45, 2.75) is 33.4 Å². The quantitative estimate of drug-likeness (QED) is 0.911. The van der Waals surface area contributed by atoms with E-state index < -0.39 is 17.7 Å². The van der Waals surface area contributed by atoms with Gasteiger partial charge < -0.3 is 5.32 Å². The van der Waals surface area contributed by atoms with Crippen LogP contribution in [-0.4, -0.2) is 16.3 Å². The molecule has 1 atom stereocenters. The van der Waals surface area contributed by atoms with Gasteiger partial charge in [0.1, 0.15) is 11.6 Å². The summed E-state index contributed by atoms with van der Waals surface area (Å²) in [4.78, 5) is 0. The van der Waals surface area contributed by atoms with E-state index in [2.05, 4.69) is 10.4 Å². The van der Waals surface area contributed by atoms with Crippen molar-refractivity contribution < 1.29 is 8.78 Å². The molecule has 2 rings (SSSR count). The van der Waals surface area contributed by atoms with Crippen LogP contribution in [0.4, 0.5) is 8.78 Å². The fourth-order valence-electron chi connectivity index (χ4n) is 2.36.